The van der Waals surface area contributed by atoms with Crippen LogP contribution in [0.5, 0.6) is 0 Å². The number of carbonyl (C=O) groups is 2. The molecule has 0 aliphatic heterocycles. The van der Waals surface area contributed by atoms with Crippen molar-refractivity contribution >= 4 is 22.7 Å². The molecule has 4 nitrogen and oxygen atoms in total. The first kappa shape index (κ1) is 15.3. The Labute approximate surface area is 127 Å². The van der Waals surface area contributed by atoms with Crippen LogP contribution in [0.1, 0.15) is 20.7 Å². The maximum absolute atomic E-state index is 10.6. The van der Waals surface area contributed by atoms with Crippen molar-refractivity contribution in [2.45, 2.75) is 0 Å². The monoisotopic (exact) mass is 294 g/mol. The summed E-state index contributed by atoms with van der Waals surface area (Å²) in [5.41, 5.74) is 0.663. The molecule has 0 saturated heterocycles. The summed E-state index contributed by atoms with van der Waals surface area (Å²) in [7, 11) is 0. The minimum atomic E-state index is -0.884. The van der Waals surface area contributed by atoms with Gasteiger partial charge in [-0.2, -0.15) is 0 Å². The van der Waals surface area contributed by atoms with Crippen LogP contribution in [-0.4, -0.2) is 22.2 Å². The Morgan fingerprint density at radius 3 is 1.68 bits per heavy atom. The van der Waals surface area contributed by atoms with Crippen LogP contribution in [0, 0.1) is 0 Å². The van der Waals surface area contributed by atoms with E-state index in [2.05, 4.69) is 0 Å². The van der Waals surface area contributed by atoms with Crippen LogP contribution in [0.3, 0.4) is 0 Å². The van der Waals surface area contributed by atoms with Crippen LogP contribution in [-0.2, 0) is 0 Å². The Morgan fingerprint density at radius 1 is 0.591 bits per heavy atom. The summed E-state index contributed by atoms with van der Waals surface area (Å²) in [4.78, 5) is 20.8. The Kier molecular flexibility index (Phi) is 4.88. The fourth-order valence-corrected chi connectivity index (χ4v) is 1.90. The molecule has 2 N–H and O–H groups in total. The first-order chi connectivity index (χ1) is 10.6. The average molecular weight is 294 g/mol. The normalized spacial score (nSPS) is 9.64. The predicted octanol–water partition coefficient (Wildman–Crippen LogP) is 3.92. The number of hydrogen-bond donors (Lipinski definition) is 2. The Balaban J connectivity index is 0.000000172. The largest absolute Gasteiger partial charge is 0.478 e. The van der Waals surface area contributed by atoms with Crippen molar-refractivity contribution in [2.24, 2.45) is 0 Å². The van der Waals surface area contributed by atoms with E-state index in [0.717, 1.165) is 10.8 Å². The molecule has 0 aliphatic carbocycles. The summed E-state index contributed by atoms with van der Waals surface area (Å²) in [6, 6.07) is 21.1. The molecule has 3 aromatic carbocycles. The average Bonchev–Trinajstić information content (AvgIpc) is 2.55. The van der Waals surface area contributed by atoms with Gasteiger partial charge in [-0.3, -0.25) is 0 Å². The smallest absolute Gasteiger partial charge is 0.335 e. The Bertz CT molecular complexity index is 794. The van der Waals surface area contributed by atoms with Crippen LogP contribution in [0.15, 0.2) is 72.8 Å². The molecule has 0 heterocycles. The lowest BCUT2D eigenvalue weighted by Crippen LogP contribution is -1.94. The highest BCUT2D eigenvalue weighted by Gasteiger charge is 2.01. The molecule has 110 valence electrons. The van der Waals surface area contributed by atoms with E-state index in [4.69, 9.17) is 10.2 Å². The number of aromatic carboxylic acids is 2. The van der Waals surface area contributed by atoms with E-state index in [1.807, 2.05) is 30.3 Å². The van der Waals surface area contributed by atoms with Crippen LogP contribution in [0.4, 0.5) is 0 Å². The van der Waals surface area contributed by atoms with Crippen LogP contribution >= 0.6 is 0 Å². The first-order valence-electron chi connectivity index (χ1n) is 6.58. The van der Waals surface area contributed by atoms with Crippen LogP contribution in [0.2, 0.25) is 0 Å². The molecule has 0 fully saturated rings. The van der Waals surface area contributed by atoms with Gasteiger partial charge < -0.3 is 10.2 Å². The molecule has 0 spiro atoms. The Morgan fingerprint density at radius 2 is 1.14 bits per heavy atom. The second-order valence-corrected chi connectivity index (χ2v) is 4.54. The van der Waals surface area contributed by atoms with Gasteiger partial charge in [-0.05, 0) is 35.0 Å². The zero-order chi connectivity index (χ0) is 15.9. The summed E-state index contributed by atoms with van der Waals surface area (Å²) < 4.78 is 0. The summed E-state index contributed by atoms with van der Waals surface area (Å²) in [5.74, 6) is -1.76. The molecule has 3 rings (SSSR count). The molecular formula is C18H14O4. The van der Waals surface area contributed by atoms with Crippen molar-refractivity contribution in [1.82, 2.24) is 0 Å². The number of hydrogen-bond acceptors (Lipinski definition) is 2. The minimum absolute atomic E-state index is 0.331. The molecule has 0 bridgehead atoms. The van der Waals surface area contributed by atoms with Crippen molar-refractivity contribution in [1.29, 1.82) is 0 Å². The number of rotatable bonds is 2. The fraction of sp³-hybridized carbons (Fsp3) is 0. The molecule has 0 aromatic heterocycles. The molecule has 0 unspecified atom stereocenters. The highest BCUT2D eigenvalue weighted by atomic mass is 16.4. The van der Waals surface area contributed by atoms with Gasteiger partial charge in [0.1, 0.15) is 0 Å². The fourth-order valence-electron chi connectivity index (χ4n) is 1.90. The van der Waals surface area contributed by atoms with Gasteiger partial charge in [-0.25, -0.2) is 9.59 Å². The number of carboxylic acids is 2. The molecule has 0 amide bonds. The van der Waals surface area contributed by atoms with E-state index in [1.165, 1.54) is 0 Å². The molecular weight excluding hydrogens is 280 g/mol. The second-order valence-electron chi connectivity index (χ2n) is 4.54. The third-order valence-corrected chi connectivity index (χ3v) is 3.02. The number of fused-ring (bicyclic) bond motifs is 1. The van der Waals surface area contributed by atoms with E-state index in [0.29, 0.717) is 11.1 Å². The van der Waals surface area contributed by atoms with Crippen molar-refractivity contribution in [2.75, 3.05) is 0 Å². The van der Waals surface area contributed by atoms with Gasteiger partial charge >= 0.3 is 11.9 Å². The lowest BCUT2D eigenvalue weighted by atomic mass is 10.1. The van der Waals surface area contributed by atoms with Gasteiger partial charge in [0.15, 0.2) is 0 Å². The molecule has 0 radical (unpaired) electrons. The van der Waals surface area contributed by atoms with Crippen LogP contribution < -0.4 is 0 Å². The van der Waals surface area contributed by atoms with Gasteiger partial charge in [0.2, 0.25) is 0 Å². The van der Waals surface area contributed by atoms with Gasteiger partial charge in [0, 0.05) is 0 Å². The molecule has 0 aliphatic rings. The van der Waals surface area contributed by atoms with E-state index in [1.54, 1.807) is 42.5 Å². The van der Waals surface area contributed by atoms with Crippen molar-refractivity contribution in [3.63, 3.8) is 0 Å². The lowest BCUT2D eigenvalue weighted by molar-refractivity contribution is 0.0686. The van der Waals surface area contributed by atoms with Gasteiger partial charge in [0.05, 0.1) is 11.1 Å². The number of benzene rings is 3. The molecule has 0 saturated carbocycles. The van der Waals surface area contributed by atoms with Crippen molar-refractivity contribution in [3.05, 3.63) is 83.9 Å². The summed E-state index contributed by atoms with van der Waals surface area (Å²) in [6.45, 7) is 0. The standard InChI is InChI=1S/C11H8O2.C7H6O2/c12-11(13)10-6-5-8-3-1-2-4-9(8)7-10;8-7(9)6-4-2-1-3-5-6/h1-7H,(H,12,13);1-5H,(H,8,9). The maximum atomic E-state index is 10.6. The highest BCUT2D eigenvalue weighted by Crippen LogP contribution is 2.15. The molecule has 22 heavy (non-hydrogen) atoms. The first-order valence-corrected chi connectivity index (χ1v) is 6.58. The zero-order valence-corrected chi connectivity index (χ0v) is 11.6. The second kappa shape index (κ2) is 7.04. The third-order valence-electron chi connectivity index (χ3n) is 3.02. The molecule has 3 aromatic rings. The highest BCUT2D eigenvalue weighted by molar-refractivity contribution is 5.94. The van der Waals surface area contributed by atoms with Gasteiger partial charge in [-0.1, -0.05) is 48.5 Å². The quantitative estimate of drug-likeness (QED) is 0.751. The van der Waals surface area contributed by atoms with Gasteiger partial charge in [-0.15, -0.1) is 0 Å². The van der Waals surface area contributed by atoms with Crippen molar-refractivity contribution in [3.8, 4) is 0 Å². The van der Waals surface area contributed by atoms with E-state index >= 15 is 0 Å². The minimum Gasteiger partial charge on any atom is -0.478 e. The summed E-state index contributed by atoms with van der Waals surface area (Å²) in [6.07, 6.45) is 0. The molecule has 4 heteroatoms. The van der Waals surface area contributed by atoms with E-state index in [-0.39, 0.29) is 0 Å². The number of carboxylic acid groups (broad SMARTS) is 2. The topological polar surface area (TPSA) is 74.6 Å². The van der Waals surface area contributed by atoms with Crippen molar-refractivity contribution < 1.29 is 19.8 Å². The van der Waals surface area contributed by atoms with E-state index in [9.17, 15) is 9.59 Å². The van der Waals surface area contributed by atoms with E-state index < -0.39 is 11.9 Å². The zero-order valence-electron chi connectivity index (χ0n) is 11.6. The maximum Gasteiger partial charge on any atom is 0.335 e. The summed E-state index contributed by atoms with van der Waals surface area (Å²) in [5, 5.41) is 19.2. The predicted molar refractivity (Wildman–Crippen MR) is 84.3 cm³/mol. The SMILES string of the molecule is O=C(O)c1ccc2ccccc2c1.O=C(O)c1ccccc1. The van der Waals surface area contributed by atoms with Gasteiger partial charge in [0.25, 0.3) is 0 Å². The summed E-state index contributed by atoms with van der Waals surface area (Å²) >= 11 is 0. The van der Waals surface area contributed by atoms with Crippen LogP contribution in [0.25, 0.3) is 10.8 Å². The lowest BCUT2D eigenvalue weighted by Gasteiger charge is -1.98. The Hall–Kier alpha value is -3.14. The molecule has 0 atom stereocenters. The third kappa shape index (κ3) is 3.93.